The molecule has 1 aliphatic rings. The Labute approximate surface area is 146 Å². The van der Waals surface area contributed by atoms with E-state index in [0.29, 0.717) is 6.54 Å². The van der Waals surface area contributed by atoms with E-state index in [-0.39, 0.29) is 5.91 Å². The summed E-state index contributed by atoms with van der Waals surface area (Å²) in [5.41, 5.74) is 4.31. The van der Waals surface area contributed by atoms with Crippen LogP contribution in [0.2, 0.25) is 0 Å². The average Bonchev–Trinajstić information content (AvgIpc) is 3.11. The molecule has 1 amide bonds. The van der Waals surface area contributed by atoms with Crippen molar-refractivity contribution in [1.29, 1.82) is 0 Å². The molecule has 0 aliphatic carbocycles. The number of aromatic amines is 1. The van der Waals surface area contributed by atoms with Crippen LogP contribution in [0.5, 0.6) is 5.75 Å². The van der Waals surface area contributed by atoms with Gasteiger partial charge in [0.25, 0.3) is 5.91 Å². The van der Waals surface area contributed by atoms with E-state index in [1.807, 2.05) is 53.6 Å². The molecular weight excluding hydrogens is 312 g/mol. The molecule has 3 aromatic rings. The maximum Gasteiger partial charge on any atom is 0.254 e. The fourth-order valence-corrected chi connectivity index (χ4v) is 3.35. The predicted octanol–water partition coefficient (Wildman–Crippen LogP) is 4.11. The Kier molecular flexibility index (Phi) is 4.02. The number of benzene rings is 2. The molecule has 4 heteroatoms. The second-order valence-electron chi connectivity index (χ2n) is 6.21. The van der Waals surface area contributed by atoms with Crippen LogP contribution in [0.4, 0.5) is 0 Å². The van der Waals surface area contributed by atoms with Crippen molar-refractivity contribution in [3.8, 4) is 5.75 Å². The summed E-state index contributed by atoms with van der Waals surface area (Å²) < 4.78 is 5.35. The third kappa shape index (κ3) is 2.91. The normalized spacial score (nSPS) is 14.4. The van der Waals surface area contributed by atoms with Gasteiger partial charge in [-0.2, -0.15) is 0 Å². The van der Waals surface area contributed by atoms with Crippen LogP contribution in [0.25, 0.3) is 16.5 Å². The molecule has 1 aliphatic heterocycles. The molecule has 4 rings (SSSR count). The molecule has 0 fully saturated rings. The van der Waals surface area contributed by atoms with Crippen LogP contribution in [0, 0.1) is 0 Å². The molecule has 1 N–H and O–H groups in total. The molecule has 0 unspecified atom stereocenters. The summed E-state index contributed by atoms with van der Waals surface area (Å²) in [5, 5.41) is 1.16. The first kappa shape index (κ1) is 15.5. The zero-order valence-corrected chi connectivity index (χ0v) is 14.2. The molecule has 25 heavy (non-hydrogen) atoms. The highest BCUT2D eigenvalue weighted by atomic mass is 16.5. The van der Waals surface area contributed by atoms with Crippen molar-refractivity contribution in [2.45, 2.75) is 6.42 Å². The first-order chi connectivity index (χ1) is 12.3. The molecule has 0 spiro atoms. The highest BCUT2D eigenvalue weighted by molar-refractivity contribution is 5.96. The number of ether oxygens (including phenoxy) is 1. The van der Waals surface area contributed by atoms with E-state index < -0.39 is 0 Å². The van der Waals surface area contributed by atoms with Crippen molar-refractivity contribution in [2.24, 2.45) is 0 Å². The summed E-state index contributed by atoms with van der Waals surface area (Å²) >= 11 is 0. The lowest BCUT2D eigenvalue weighted by molar-refractivity contribution is 0.0773. The molecule has 2 heterocycles. The maximum atomic E-state index is 12.6. The number of rotatable bonds is 3. The van der Waals surface area contributed by atoms with E-state index >= 15 is 0 Å². The molecule has 1 aromatic heterocycles. The van der Waals surface area contributed by atoms with Gasteiger partial charge in [0, 0.05) is 41.3 Å². The largest absolute Gasteiger partial charge is 0.497 e. The van der Waals surface area contributed by atoms with Crippen LogP contribution in [0.15, 0.2) is 60.8 Å². The van der Waals surface area contributed by atoms with Crippen molar-refractivity contribution < 1.29 is 9.53 Å². The van der Waals surface area contributed by atoms with Gasteiger partial charge >= 0.3 is 0 Å². The van der Waals surface area contributed by atoms with E-state index in [0.717, 1.165) is 35.2 Å². The first-order valence-electron chi connectivity index (χ1n) is 8.45. The second-order valence-corrected chi connectivity index (χ2v) is 6.21. The minimum atomic E-state index is 0.0940. The number of nitrogens with zero attached hydrogens (tertiary/aromatic N) is 1. The highest BCUT2D eigenvalue weighted by Crippen LogP contribution is 2.31. The van der Waals surface area contributed by atoms with Crippen molar-refractivity contribution in [2.75, 3.05) is 20.2 Å². The van der Waals surface area contributed by atoms with Crippen LogP contribution in [-0.4, -0.2) is 36.0 Å². The van der Waals surface area contributed by atoms with E-state index in [2.05, 4.69) is 17.1 Å². The SMILES string of the molecule is COc1ccc2[nH]cc(C3=CCN(C(=O)c4ccccc4)CC3)c2c1. The minimum Gasteiger partial charge on any atom is -0.497 e. The van der Waals surface area contributed by atoms with Crippen LogP contribution < -0.4 is 4.74 Å². The Morgan fingerprint density at radius 1 is 1.16 bits per heavy atom. The molecule has 0 radical (unpaired) electrons. The van der Waals surface area contributed by atoms with Gasteiger partial charge in [-0.3, -0.25) is 4.79 Å². The Morgan fingerprint density at radius 3 is 2.72 bits per heavy atom. The number of nitrogens with one attached hydrogen (secondary N) is 1. The molecule has 0 saturated carbocycles. The Morgan fingerprint density at radius 2 is 2.00 bits per heavy atom. The van der Waals surface area contributed by atoms with Gasteiger partial charge in [-0.15, -0.1) is 0 Å². The van der Waals surface area contributed by atoms with Crippen LogP contribution >= 0.6 is 0 Å². The summed E-state index contributed by atoms with van der Waals surface area (Å²) in [6.45, 7) is 1.37. The number of aromatic nitrogens is 1. The predicted molar refractivity (Wildman–Crippen MR) is 99.8 cm³/mol. The van der Waals surface area contributed by atoms with E-state index in [1.54, 1.807) is 7.11 Å². The smallest absolute Gasteiger partial charge is 0.254 e. The molecule has 126 valence electrons. The lowest BCUT2D eigenvalue weighted by Crippen LogP contribution is -2.34. The lowest BCUT2D eigenvalue weighted by atomic mass is 9.98. The summed E-state index contributed by atoms with van der Waals surface area (Å²) in [5.74, 6) is 0.946. The van der Waals surface area contributed by atoms with Crippen LogP contribution in [0.1, 0.15) is 22.3 Å². The van der Waals surface area contributed by atoms with Crippen molar-refractivity contribution in [3.05, 3.63) is 71.9 Å². The highest BCUT2D eigenvalue weighted by Gasteiger charge is 2.20. The zero-order chi connectivity index (χ0) is 17.2. The Balaban J connectivity index is 1.58. The van der Waals surface area contributed by atoms with Crippen molar-refractivity contribution in [3.63, 3.8) is 0 Å². The van der Waals surface area contributed by atoms with Crippen LogP contribution in [-0.2, 0) is 0 Å². The van der Waals surface area contributed by atoms with Crippen LogP contribution in [0.3, 0.4) is 0 Å². The van der Waals surface area contributed by atoms with E-state index in [4.69, 9.17) is 4.74 Å². The summed E-state index contributed by atoms with van der Waals surface area (Å²) in [6, 6.07) is 15.5. The number of hydrogen-bond acceptors (Lipinski definition) is 2. The van der Waals surface area contributed by atoms with Gasteiger partial charge in [0.1, 0.15) is 5.75 Å². The standard InChI is InChI=1S/C21H20N2O2/c1-25-17-7-8-20-18(13-17)19(14-22-20)15-9-11-23(12-10-15)21(24)16-5-3-2-4-6-16/h2-9,13-14,22H,10-12H2,1H3. The van der Waals surface area contributed by atoms with Gasteiger partial charge in [0.2, 0.25) is 0 Å². The molecule has 0 bridgehead atoms. The van der Waals surface area contributed by atoms with Gasteiger partial charge in [-0.25, -0.2) is 0 Å². The molecular formula is C21H20N2O2. The molecule has 0 atom stereocenters. The molecule has 0 saturated heterocycles. The molecule has 4 nitrogen and oxygen atoms in total. The zero-order valence-electron chi connectivity index (χ0n) is 14.2. The van der Waals surface area contributed by atoms with Gasteiger partial charge in [0.15, 0.2) is 0 Å². The third-order valence-electron chi connectivity index (χ3n) is 4.75. The van der Waals surface area contributed by atoms with Gasteiger partial charge in [0.05, 0.1) is 7.11 Å². The first-order valence-corrected chi connectivity index (χ1v) is 8.45. The fourth-order valence-electron chi connectivity index (χ4n) is 3.35. The van der Waals surface area contributed by atoms with Gasteiger partial charge in [-0.1, -0.05) is 24.3 Å². The summed E-state index contributed by atoms with van der Waals surface area (Å²) in [6.07, 6.45) is 5.06. The van der Waals surface area contributed by atoms with Crippen molar-refractivity contribution in [1.82, 2.24) is 9.88 Å². The van der Waals surface area contributed by atoms with E-state index in [9.17, 15) is 4.79 Å². The number of carbonyl (C=O) groups excluding carboxylic acids is 1. The topological polar surface area (TPSA) is 45.3 Å². The fraction of sp³-hybridized carbons (Fsp3) is 0.190. The number of amides is 1. The Hall–Kier alpha value is -3.01. The maximum absolute atomic E-state index is 12.6. The average molecular weight is 332 g/mol. The lowest BCUT2D eigenvalue weighted by Gasteiger charge is -2.26. The summed E-state index contributed by atoms with van der Waals surface area (Å²) in [4.78, 5) is 17.8. The summed E-state index contributed by atoms with van der Waals surface area (Å²) in [7, 11) is 1.68. The number of methoxy groups -OCH3 is 1. The third-order valence-corrected chi connectivity index (χ3v) is 4.75. The molecule has 2 aromatic carbocycles. The monoisotopic (exact) mass is 332 g/mol. The number of carbonyl (C=O) groups is 1. The number of hydrogen-bond donors (Lipinski definition) is 1. The number of fused-ring (bicyclic) bond motifs is 1. The quantitative estimate of drug-likeness (QED) is 0.784. The van der Waals surface area contributed by atoms with E-state index in [1.165, 1.54) is 11.1 Å². The number of H-pyrrole nitrogens is 1. The minimum absolute atomic E-state index is 0.0940. The van der Waals surface area contributed by atoms with Crippen molar-refractivity contribution >= 4 is 22.4 Å². The van der Waals surface area contributed by atoms with Gasteiger partial charge in [-0.05, 0) is 42.3 Å². The van der Waals surface area contributed by atoms with Gasteiger partial charge < -0.3 is 14.6 Å². The Bertz CT molecular complexity index is 941. The second kappa shape index (κ2) is 6.48.